The van der Waals surface area contributed by atoms with Crippen molar-refractivity contribution in [2.45, 2.75) is 37.1 Å². The number of aliphatic carboxylic acids is 1. The van der Waals surface area contributed by atoms with E-state index in [2.05, 4.69) is 20.8 Å². The number of carbonyl (C=O) groups excluding carboxylic acids is 2. The molecule has 2 unspecified atom stereocenters. The van der Waals surface area contributed by atoms with Gasteiger partial charge in [-0.1, -0.05) is 96.2 Å². The Labute approximate surface area is 279 Å². The molecule has 2 atom stereocenters. The Kier molecular flexibility index (Phi) is 9.61. The van der Waals surface area contributed by atoms with Gasteiger partial charge in [-0.25, -0.2) is 18.5 Å². The second-order valence-corrected chi connectivity index (χ2v) is 13.3. The largest absolute Gasteiger partial charge is 0.478 e. The number of carbonyl (C=O) groups is 3. The van der Waals surface area contributed by atoms with Crippen LogP contribution in [0.3, 0.4) is 0 Å². The minimum atomic E-state index is -5.09. The first-order chi connectivity index (χ1) is 22.8. The summed E-state index contributed by atoms with van der Waals surface area (Å²) in [6, 6.07) is 25.4. The number of hydrogen-bond acceptors (Lipinski definition) is 10. The van der Waals surface area contributed by atoms with Gasteiger partial charge in [-0.3, -0.25) is 14.1 Å². The first-order valence-corrected chi connectivity index (χ1v) is 16.6. The number of benzene rings is 3. The lowest BCUT2D eigenvalue weighted by Gasteiger charge is -2.42. The van der Waals surface area contributed by atoms with Crippen LogP contribution in [0.5, 0.6) is 0 Å². The summed E-state index contributed by atoms with van der Waals surface area (Å²) in [4.78, 5) is 47.5. The molecule has 13 nitrogen and oxygen atoms in total. The number of carboxylic acids is 1. The van der Waals surface area contributed by atoms with Crippen LogP contribution >= 0.6 is 11.3 Å². The number of aromatic nitrogens is 1. The maximum atomic E-state index is 13.7. The highest BCUT2D eigenvalue weighted by Gasteiger charge is 2.54. The summed E-state index contributed by atoms with van der Waals surface area (Å²) in [5.74, 6) is -3.82. The number of carboxylic acid groups (broad SMARTS) is 1. The number of rotatable bonds is 13. The van der Waals surface area contributed by atoms with E-state index in [1.807, 2.05) is 91.0 Å². The number of nitrogens with zero attached hydrogens (tertiary/aromatic N) is 3. The molecule has 4 N–H and O–H groups in total. The van der Waals surface area contributed by atoms with Crippen LogP contribution < -0.4 is 10.6 Å². The molecule has 0 saturated carbocycles. The van der Waals surface area contributed by atoms with Crippen molar-refractivity contribution >= 4 is 50.3 Å². The van der Waals surface area contributed by atoms with Crippen LogP contribution in [0.1, 0.15) is 36.2 Å². The fraction of sp³-hybridized carbons (Fsp3) is 0.219. The molecule has 250 valence electrons. The Morgan fingerprint density at radius 3 is 1.92 bits per heavy atom. The van der Waals surface area contributed by atoms with Gasteiger partial charge in [0, 0.05) is 5.38 Å². The van der Waals surface area contributed by atoms with Crippen LogP contribution in [-0.4, -0.2) is 75.2 Å². The zero-order chi connectivity index (χ0) is 34.7. The van der Waals surface area contributed by atoms with Crippen molar-refractivity contribution in [2.75, 3.05) is 12.0 Å². The molecule has 4 aromatic rings. The van der Waals surface area contributed by atoms with Crippen LogP contribution in [0.15, 0.2) is 102 Å². The van der Waals surface area contributed by atoms with E-state index in [0.29, 0.717) is 5.13 Å². The summed E-state index contributed by atoms with van der Waals surface area (Å²) in [5.41, 5.74) is -0.981. The Hall–Kier alpha value is -5.19. The topological polar surface area (TPSA) is 188 Å². The van der Waals surface area contributed by atoms with Crippen LogP contribution in [0, 0.1) is 0 Å². The van der Waals surface area contributed by atoms with Crippen molar-refractivity contribution in [1.82, 2.24) is 14.6 Å². The van der Waals surface area contributed by atoms with E-state index in [-0.39, 0.29) is 10.00 Å². The summed E-state index contributed by atoms with van der Waals surface area (Å²) in [6.07, 6.45) is 0. The Morgan fingerprint density at radius 1 is 0.979 bits per heavy atom. The summed E-state index contributed by atoms with van der Waals surface area (Å²) in [5, 5.41) is 20.8. The summed E-state index contributed by atoms with van der Waals surface area (Å²) >= 11 is 1.09. The summed E-state index contributed by atoms with van der Waals surface area (Å²) in [7, 11) is -5.09. The smallest absolute Gasteiger partial charge is 0.362 e. The molecule has 1 aromatic heterocycles. The van der Waals surface area contributed by atoms with Crippen LogP contribution in [0.25, 0.3) is 0 Å². The molecule has 0 aliphatic carbocycles. The Morgan fingerprint density at radius 2 is 1.48 bits per heavy atom. The molecule has 3 aromatic carbocycles. The average Bonchev–Trinajstić information content (AvgIpc) is 3.53. The fourth-order valence-corrected chi connectivity index (χ4v) is 6.72. The van der Waals surface area contributed by atoms with E-state index in [1.165, 1.54) is 19.2 Å². The van der Waals surface area contributed by atoms with Gasteiger partial charge in [-0.2, -0.15) is 8.42 Å². The molecule has 5 rings (SSSR count). The van der Waals surface area contributed by atoms with E-state index in [4.69, 9.17) is 4.84 Å². The summed E-state index contributed by atoms with van der Waals surface area (Å²) < 4.78 is 46.0. The molecule has 1 fully saturated rings. The SMILES string of the molecule is CC(C)(O/N=C(/C(=O)NC1C(=O)N(S(=O)(=O)O)C1CF)c1csc(NC(c2ccccc2)(c2ccccc2)c2ccccc2)n1)C(=O)O. The third-order valence-corrected chi connectivity index (χ3v) is 9.33. The molecule has 48 heavy (non-hydrogen) atoms. The Balaban J connectivity index is 1.56. The lowest BCUT2D eigenvalue weighted by molar-refractivity contribution is -0.161. The van der Waals surface area contributed by atoms with Gasteiger partial charge in [-0.05, 0) is 30.5 Å². The fourth-order valence-electron chi connectivity index (χ4n) is 5.11. The normalized spacial score (nSPS) is 17.0. The molecule has 0 bridgehead atoms. The van der Waals surface area contributed by atoms with Gasteiger partial charge in [0.05, 0.1) is 0 Å². The van der Waals surface area contributed by atoms with Gasteiger partial charge in [0.15, 0.2) is 10.8 Å². The van der Waals surface area contributed by atoms with E-state index in [0.717, 1.165) is 28.0 Å². The molecule has 0 radical (unpaired) electrons. The monoisotopic (exact) mass is 695 g/mol. The highest BCUT2D eigenvalue weighted by Crippen LogP contribution is 2.40. The first-order valence-electron chi connectivity index (χ1n) is 14.4. The van der Waals surface area contributed by atoms with Gasteiger partial charge >= 0.3 is 16.3 Å². The molecule has 1 aliphatic heterocycles. The van der Waals surface area contributed by atoms with E-state index in [9.17, 15) is 36.9 Å². The number of anilines is 1. The number of halogens is 1. The highest BCUT2D eigenvalue weighted by atomic mass is 32.2. The van der Waals surface area contributed by atoms with E-state index in [1.54, 1.807) is 0 Å². The van der Waals surface area contributed by atoms with E-state index >= 15 is 0 Å². The maximum Gasteiger partial charge on any atom is 0.362 e. The predicted octanol–water partition coefficient (Wildman–Crippen LogP) is 3.60. The second kappa shape index (κ2) is 13.5. The molecular formula is C32H30FN5O8S2. The molecule has 1 aliphatic rings. The van der Waals surface area contributed by atoms with Crippen LogP contribution in [0.2, 0.25) is 0 Å². The number of nitrogens with one attached hydrogen (secondary N) is 2. The van der Waals surface area contributed by atoms with Crippen molar-refractivity contribution in [3.63, 3.8) is 0 Å². The molecule has 0 spiro atoms. The van der Waals surface area contributed by atoms with Crippen LogP contribution in [-0.2, 0) is 35.1 Å². The highest BCUT2D eigenvalue weighted by molar-refractivity contribution is 7.84. The zero-order valence-electron chi connectivity index (χ0n) is 25.5. The van der Waals surface area contributed by atoms with Gasteiger partial charge in [0.25, 0.3) is 11.8 Å². The lowest BCUT2D eigenvalue weighted by Crippen LogP contribution is -2.73. The molecule has 16 heteroatoms. The minimum absolute atomic E-state index is 0.0833. The van der Waals surface area contributed by atoms with Crippen molar-refractivity contribution in [3.8, 4) is 0 Å². The van der Waals surface area contributed by atoms with Crippen LogP contribution in [0.4, 0.5) is 9.52 Å². The molecule has 2 amide bonds. The number of hydrogen-bond donors (Lipinski definition) is 4. The van der Waals surface area contributed by atoms with Gasteiger partial charge in [-0.15, -0.1) is 11.3 Å². The first kappa shape index (κ1) is 34.2. The third-order valence-electron chi connectivity index (χ3n) is 7.62. The standard InChI is InChI=1S/C32H30FN5O8S2/c1-31(2,29(41)42)46-37-25(27(39)35-26-24(18-33)38(28(26)40)48(43,44)45)23-19-47-30(34-23)36-32(20-12-6-3-7-13-20,21-14-8-4-9-15-21)22-16-10-5-11-17-22/h3-17,19,24,26H,18H2,1-2H3,(H,34,36)(H,35,39)(H,41,42)(H,43,44,45)/b37-25+. The number of oxime groups is 1. The molecular weight excluding hydrogens is 666 g/mol. The molecule has 1 saturated heterocycles. The number of alkyl halides is 1. The Bertz CT molecular complexity index is 1840. The average molecular weight is 696 g/mol. The van der Waals surface area contributed by atoms with Gasteiger partial charge in [0.1, 0.15) is 30.0 Å². The number of thiazole rings is 1. The maximum absolute atomic E-state index is 13.7. The van der Waals surface area contributed by atoms with Crippen molar-refractivity contribution in [2.24, 2.45) is 5.16 Å². The summed E-state index contributed by atoms with van der Waals surface area (Å²) in [6.45, 7) is 0.973. The van der Waals surface area contributed by atoms with E-state index < -0.39 is 63.7 Å². The quantitative estimate of drug-likeness (QED) is 0.0529. The van der Waals surface area contributed by atoms with Crippen molar-refractivity contribution in [3.05, 3.63) is 119 Å². The minimum Gasteiger partial charge on any atom is -0.478 e. The molecule has 2 heterocycles. The zero-order valence-corrected chi connectivity index (χ0v) is 27.1. The second-order valence-electron chi connectivity index (χ2n) is 11.1. The van der Waals surface area contributed by atoms with Gasteiger partial charge < -0.3 is 20.6 Å². The predicted molar refractivity (Wildman–Crippen MR) is 174 cm³/mol. The number of β-lactam (4-membered cyclic amide) rings is 1. The lowest BCUT2D eigenvalue weighted by atomic mass is 9.77. The third kappa shape index (κ3) is 6.62. The van der Waals surface area contributed by atoms with Crippen molar-refractivity contribution in [1.29, 1.82) is 0 Å². The van der Waals surface area contributed by atoms with Gasteiger partial charge in [0.2, 0.25) is 5.60 Å². The number of amides is 2. The van der Waals surface area contributed by atoms with Crippen molar-refractivity contribution < 1.29 is 41.7 Å².